The Morgan fingerprint density at radius 2 is 2.00 bits per heavy atom. The van der Waals surface area contributed by atoms with Gasteiger partial charge in [0.1, 0.15) is 10.8 Å². The molecule has 0 unspecified atom stereocenters. The maximum absolute atomic E-state index is 13.2. The van der Waals surface area contributed by atoms with Gasteiger partial charge in [-0.05, 0) is 38.4 Å². The van der Waals surface area contributed by atoms with Crippen molar-refractivity contribution in [1.29, 1.82) is 0 Å². The quantitative estimate of drug-likeness (QED) is 0.359. The highest BCUT2D eigenvalue weighted by molar-refractivity contribution is 7.80. The van der Waals surface area contributed by atoms with Crippen LogP contribution >= 0.6 is 35.2 Å². The lowest BCUT2D eigenvalue weighted by Gasteiger charge is -2.37. The van der Waals surface area contributed by atoms with Crippen molar-refractivity contribution in [1.82, 2.24) is 30.4 Å². The summed E-state index contributed by atoms with van der Waals surface area (Å²) in [4.78, 5) is 39.9. The fourth-order valence-corrected chi connectivity index (χ4v) is 5.89. The number of fused-ring (bicyclic) bond motifs is 1. The van der Waals surface area contributed by atoms with Crippen molar-refractivity contribution in [2.75, 3.05) is 26.5 Å². The van der Waals surface area contributed by atoms with Gasteiger partial charge in [0.15, 0.2) is 5.01 Å². The van der Waals surface area contributed by atoms with E-state index >= 15 is 0 Å². The molecule has 2 aromatic rings. The molecule has 4 rings (SSSR count). The zero-order valence-electron chi connectivity index (χ0n) is 20.5. The molecular weight excluding hydrogens is 518 g/mol. The third kappa shape index (κ3) is 6.20. The summed E-state index contributed by atoms with van der Waals surface area (Å²) < 4.78 is 0. The van der Waals surface area contributed by atoms with Gasteiger partial charge in [0.2, 0.25) is 5.91 Å². The van der Waals surface area contributed by atoms with E-state index in [9.17, 15) is 9.59 Å². The van der Waals surface area contributed by atoms with E-state index in [2.05, 4.69) is 37.4 Å². The molecular formula is C24H30ClN7O2S2. The molecule has 3 atom stereocenters. The number of nitrogens with one attached hydrogen (secondary N) is 3. The number of carbonyl (C=O) groups excluding carboxylic acids is 2. The molecule has 1 aliphatic carbocycles. The van der Waals surface area contributed by atoms with E-state index in [1.807, 2.05) is 7.05 Å². The van der Waals surface area contributed by atoms with Gasteiger partial charge in [-0.1, -0.05) is 30.4 Å². The van der Waals surface area contributed by atoms with E-state index in [-0.39, 0.29) is 29.8 Å². The van der Waals surface area contributed by atoms with E-state index in [4.69, 9.17) is 23.8 Å². The van der Waals surface area contributed by atoms with Gasteiger partial charge in [0.05, 0.1) is 22.5 Å². The number of aromatic nitrogens is 2. The Kier molecular flexibility index (Phi) is 8.23. The Bertz CT molecular complexity index is 1140. The average molecular weight is 548 g/mol. The normalized spacial score (nSPS) is 21.4. The standard InChI is InChI=1S/C24H30ClN7O2S2/c1-13(27-20-8-6-15(25)10-26-20)22(35)29-16-7-5-14(24(34)31(2)3)9-17(16)28-21(33)23-30-18-11-32(4)12-19(18)36-23/h6,8,10,14,16-17H,1,5,7,9,11-12H2,2-4H3,(H,26,27)(H,28,33)(H,29,35)/t14-,16-,17+/m0/s1. The third-order valence-electron chi connectivity index (χ3n) is 6.36. The van der Waals surface area contributed by atoms with Crippen molar-refractivity contribution < 1.29 is 9.59 Å². The van der Waals surface area contributed by atoms with Crippen LogP contribution in [0.1, 0.15) is 39.6 Å². The van der Waals surface area contributed by atoms with E-state index in [1.54, 1.807) is 31.1 Å². The summed E-state index contributed by atoms with van der Waals surface area (Å²) in [7, 11) is 5.54. The minimum absolute atomic E-state index is 0.0615. The van der Waals surface area contributed by atoms with Crippen LogP contribution in [0.4, 0.5) is 5.82 Å². The van der Waals surface area contributed by atoms with Gasteiger partial charge in [-0.25, -0.2) is 9.97 Å². The predicted octanol–water partition coefficient (Wildman–Crippen LogP) is 3.04. The molecule has 3 N–H and O–H groups in total. The van der Waals surface area contributed by atoms with Crippen LogP contribution in [-0.2, 0) is 17.9 Å². The number of anilines is 1. The molecule has 12 heteroatoms. The first-order valence-corrected chi connectivity index (χ1v) is 13.3. The van der Waals surface area contributed by atoms with Gasteiger partial charge < -0.3 is 20.9 Å². The van der Waals surface area contributed by atoms with Gasteiger partial charge in [-0.2, -0.15) is 0 Å². The number of thiocarbonyl (C=S) groups is 1. The topological polar surface area (TPSA) is 102 Å². The second kappa shape index (κ2) is 11.2. The molecule has 3 heterocycles. The highest BCUT2D eigenvalue weighted by atomic mass is 35.5. The molecule has 0 bridgehead atoms. The Hall–Kier alpha value is -2.60. The molecule has 1 saturated carbocycles. The fourth-order valence-electron chi connectivity index (χ4n) is 4.52. The second-order valence-corrected chi connectivity index (χ2v) is 11.4. The molecule has 0 spiro atoms. The first-order valence-electron chi connectivity index (χ1n) is 11.7. The predicted molar refractivity (Wildman–Crippen MR) is 146 cm³/mol. The van der Waals surface area contributed by atoms with Crippen LogP contribution in [0.2, 0.25) is 5.02 Å². The van der Waals surface area contributed by atoms with Crippen molar-refractivity contribution in [3.63, 3.8) is 0 Å². The largest absolute Gasteiger partial charge is 0.370 e. The van der Waals surface area contributed by atoms with Crippen molar-refractivity contribution in [2.45, 2.75) is 44.4 Å². The smallest absolute Gasteiger partial charge is 0.280 e. The molecule has 0 saturated heterocycles. The minimum atomic E-state index is -0.305. The molecule has 1 aliphatic heterocycles. The van der Waals surface area contributed by atoms with E-state index in [0.29, 0.717) is 45.8 Å². The van der Waals surface area contributed by atoms with Gasteiger partial charge in [-0.15, -0.1) is 11.3 Å². The zero-order valence-corrected chi connectivity index (χ0v) is 22.9. The highest BCUT2D eigenvalue weighted by Crippen LogP contribution is 2.29. The lowest BCUT2D eigenvalue weighted by molar-refractivity contribution is -0.134. The maximum Gasteiger partial charge on any atom is 0.280 e. The molecule has 9 nitrogen and oxygen atoms in total. The Labute approximate surface area is 225 Å². The third-order valence-corrected chi connectivity index (χ3v) is 8.03. The Morgan fingerprint density at radius 3 is 2.67 bits per heavy atom. The van der Waals surface area contributed by atoms with Crippen LogP contribution in [0, 0.1) is 5.92 Å². The van der Waals surface area contributed by atoms with Crippen LogP contribution in [0.15, 0.2) is 30.6 Å². The summed E-state index contributed by atoms with van der Waals surface area (Å²) in [5, 5.41) is 10.5. The van der Waals surface area contributed by atoms with Crippen LogP contribution in [0.3, 0.4) is 0 Å². The van der Waals surface area contributed by atoms with Gasteiger partial charge in [-0.3, -0.25) is 14.5 Å². The highest BCUT2D eigenvalue weighted by Gasteiger charge is 2.36. The molecule has 2 amide bonds. The summed E-state index contributed by atoms with van der Waals surface area (Å²) in [6.45, 7) is 5.58. The van der Waals surface area contributed by atoms with Crippen molar-refractivity contribution in [2.24, 2.45) is 5.92 Å². The molecule has 2 aromatic heterocycles. The van der Waals surface area contributed by atoms with Crippen molar-refractivity contribution >= 4 is 57.8 Å². The SMILES string of the molecule is C=C(Nc1ccc(Cl)cn1)C(=S)N[C@H]1CC[C@H](C(=O)N(C)C)C[C@H]1NC(=O)c1nc2c(s1)CN(C)C2. The first kappa shape index (κ1) is 26.5. The number of halogens is 1. The lowest BCUT2D eigenvalue weighted by Crippen LogP contribution is -2.56. The summed E-state index contributed by atoms with van der Waals surface area (Å²) in [5.74, 6) is 0.235. The molecule has 2 aliphatic rings. The maximum atomic E-state index is 13.2. The number of hydrogen-bond acceptors (Lipinski definition) is 8. The number of nitrogens with zero attached hydrogens (tertiary/aromatic N) is 4. The summed E-state index contributed by atoms with van der Waals surface area (Å²) >= 11 is 12.9. The summed E-state index contributed by atoms with van der Waals surface area (Å²) in [5.41, 5.74) is 1.45. The molecule has 1 fully saturated rings. The van der Waals surface area contributed by atoms with Gasteiger partial charge in [0, 0.05) is 50.2 Å². The molecule has 0 radical (unpaired) electrons. The van der Waals surface area contributed by atoms with E-state index < -0.39 is 0 Å². The Morgan fingerprint density at radius 1 is 1.22 bits per heavy atom. The summed E-state index contributed by atoms with van der Waals surface area (Å²) in [6.07, 6.45) is 3.41. The van der Waals surface area contributed by atoms with Crippen LogP contribution < -0.4 is 16.0 Å². The first-order chi connectivity index (χ1) is 17.1. The van der Waals surface area contributed by atoms with Gasteiger partial charge in [0.25, 0.3) is 5.91 Å². The number of amides is 2. The summed E-state index contributed by atoms with van der Waals surface area (Å²) in [6, 6.07) is 2.99. The van der Waals surface area contributed by atoms with Crippen molar-refractivity contribution in [3.05, 3.63) is 51.2 Å². The molecule has 192 valence electrons. The van der Waals surface area contributed by atoms with E-state index in [1.165, 1.54) is 17.5 Å². The Balaban J connectivity index is 1.44. The zero-order chi connectivity index (χ0) is 26.0. The average Bonchev–Trinajstić information content (AvgIpc) is 3.38. The lowest BCUT2D eigenvalue weighted by atomic mass is 9.81. The van der Waals surface area contributed by atoms with Crippen LogP contribution in [0.25, 0.3) is 0 Å². The van der Waals surface area contributed by atoms with Crippen molar-refractivity contribution in [3.8, 4) is 0 Å². The van der Waals surface area contributed by atoms with E-state index in [0.717, 1.165) is 23.7 Å². The number of hydrogen-bond donors (Lipinski definition) is 3. The number of rotatable bonds is 7. The monoisotopic (exact) mass is 547 g/mol. The number of pyridine rings is 1. The second-order valence-electron chi connectivity index (χ2n) is 9.43. The van der Waals surface area contributed by atoms with Crippen LogP contribution in [-0.4, -0.2) is 69.8 Å². The molecule has 36 heavy (non-hydrogen) atoms. The minimum Gasteiger partial charge on any atom is -0.370 e. The molecule has 0 aromatic carbocycles. The van der Waals surface area contributed by atoms with Gasteiger partial charge >= 0.3 is 0 Å². The van der Waals surface area contributed by atoms with Crippen LogP contribution in [0.5, 0.6) is 0 Å². The number of carbonyl (C=O) groups is 2. The fraction of sp³-hybridized carbons (Fsp3) is 0.458. The number of thiazole rings is 1.